The molecular formula is C77H60BrN. The van der Waals surface area contributed by atoms with Crippen LogP contribution in [-0.4, -0.2) is 0 Å². The van der Waals surface area contributed by atoms with Crippen molar-refractivity contribution in [1.29, 1.82) is 0 Å². The SMILES string of the molecule is Brc1cccc(-c2cccc(C3(c4ccccc4)c4ccccc4-c4ccccc43)c2)c1.Cc1cccc(Cc2cccc(-c3cccc(C4(c5ccccc5)c5ccccc5-c5ccccc54)c3)c2)c1.Cc1cccc(N)c1. The molecule has 0 unspecified atom stereocenters. The Balaban J connectivity index is 0.000000140. The highest BCUT2D eigenvalue weighted by Crippen LogP contribution is 2.58. The topological polar surface area (TPSA) is 26.0 Å². The smallest absolute Gasteiger partial charge is 0.0713 e. The van der Waals surface area contributed by atoms with Crippen molar-refractivity contribution in [3.05, 3.63) is 375 Å². The fraction of sp³-hybridized carbons (Fsp3) is 0.0649. The zero-order valence-electron chi connectivity index (χ0n) is 44.5. The number of benzene rings is 12. The molecule has 2 N–H and O–H groups in total. The summed E-state index contributed by atoms with van der Waals surface area (Å²) in [6.45, 7) is 4.18. The molecule has 0 amide bonds. The summed E-state index contributed by atoms with van der Waals surface area (Å²) >= 11 is 3.63. The van der Waals surface area contributed by atoms with Crippen molar-refractivity contribution >= 4 is 21.6 Å². The van der Waals surface area contributed by atoms with Crippen LogP contribution in [0.15, 0.2) is 308 Å². The number of fused-ring (bicyclic) bond motifs is 6. The largest absolute Gasteiger partial charge is 0.399 e. The van der Waals surface area contributed by atoms with E-state index in [-0.39, 0.29) is 10.8 Å². The maximum absolute atomic E-state index is 5.46. The Labute approximate surface area is 474 Å². The van der Waals surface area contributed by atoms with E-state index in [4.69, 9.17) is 5.73 Å². The molecule has 0 saturated carbocycles. The van der Waals surface area contributed by atoms with Crippen LogP contribution in [0.4, 0.5) is 5.69 Å². The maximum Gasteiger partial charge on any atom is 0.0713 e. The summed E-state index contributed by atoms with van der Waals surface area (Å²) in [5.74, 6) is 0. The van der Waals surface area contributed by atoms with Gasteiger partial charge in [0.1, 0.15) is 0 Å². The van der Waals surface area contributed by atoms with Gasteiger partial charge in [-0.1, -0.05) is 288 Å². The van der Waals surface area contributed by atoms with Gasteiger partial charge in [0.2, 0.25) is 0 Å². The molecule has 0 saturated heterocycles. The van der Waals surface area contributed by atoms with Crippen molar-refractivity contribution < 1.29 is 0 Å². The molecule has 12 aromatic rings. The van der Waals surface area contributed by atoms with Crippen molar-refractivity contribution in [3.8, 4) is 44.5 Å². The van der Waals surface area contributed by atoms with Crippen LogP contribution < -0.4 is 5.73 Å². The predicted octanol–water partition coefficient (Wildman–Crippen LogP) is 19.7. The number of rotatable bonds is 8. The van der Waals surface area contributed by atoms with Gasteiger partial charge in [-0.15, -0.1) is 0 Å². The van der Waals surface area contributed by atoms with Crippen LogP contribution in [-0.2, 0) is 17.3 Å². The number of halogens is 1. The van der Waals surface area contributed by atoms with Gasteiger partial charge >= 0.3 is 0 Å². The highest BCUT2D eigenvalue weighted by Gasteiger charge is 2.47. The van der Waals surface area contributed by atoms with E-state index in [2.05, 4.69) is 302 Å². The lowest BCUT2D eigenvalue weighted by molar-refractivity contribution is 0.769. The van der Waals surface area contributed by atoms with Crippen LogP contribution in [0.2, 0.25) is 0 Å². The number of hydrogen-bond acceptors (Lipinski definition) is 1. The molecule has 2 aliphatic rings. The van der Waals surface area contributed by atoms with Gasteiger partial charge in [-0.3, -0.25) is 0 Å². The Morgan fingerprint density at radius 3 is 1.05 bits per heavy atom. The van der Waals surface area contributed by atoms with Crippen LogP contribution in [0.3, 0.4) is 0 Å². The second kappa shape index (κ2) is 22.1. The average molecular weight is 1080 g/mol. The van der Waals surface area contributed by atoms with Gasteiger partial charge in [-0.2, -0.15) is 0 Å². The summed E-state index contributed by atoms with van der Waals surface area (Å²) in [6.07, 6.45) is 0.934. The van der Waals surface area contributed by atoms with Crippen molar-refractivity contribution in [3.63, 3.8) is 0 Å². The molecule has 0 aliphatic heterocycles. The van der Waals surface area contributed by atoms with E-state index >= 15 is 0 Å². The average Bonchev–Trinajstić information content (AvgIpc) is 4.05. The molecule has 0 atom stereocenters. The third-order valence-corrected chi connectivity index (χ3v) is 16.4. The molecule has 1 nitrogen and oxygen atoms in total. The van der Waals surface area contributed by atoms with Crippen LogP contribution in [0.25, 0.3) is 44.5 Å². The summed E-state index contributed by atoms with van der Waals surface area (Å²) < 4.78 is 1.09. The first-order valence-corrected chi connectivity index (χ1v) is 28.0. The molecule has 0 radical (unpaired) electrons. The molecule has 2 aliphatic carbocycles. The Hall–Kier alpha value is -9.08. The Bertz CT molecular complexity index is 4010. The maximum atomic E-state index is 5.46. The third kappa shape index (κ3) is 9.64. The number of nitrogens with two attached hydrogens (primary N) is 1. The highest BCUT2D eigenvalue weighted by molar-refractivity contribution is 9.10. The first-order chi connectivity index (χ1) is 38.8. The van der Waals surface area contributed by atoms with Crippen molar-refractivity contribution in [2.75, 3.05) is 5.73 Å². The minimum absolute atomic E-state index is 0.351. The van der Waals surface area contributed by atoms with Gasteiger partial charge < -0.3 is 5.73 Å². The molecule has 380 valence electrons. The summed E-state index contributed by atoms with van der Waals surface area (Å²) in [4.78, 5) is 0. The van der Waals surface area contributed by atoms with Crippen molar-refractivity contribution in [2.45, 2.75) is 31.1 Å². The Morgan fingerprint density at radius 1 is 0.291 bits per heavy atom. The second-order valence-electron chi connectivity index (χ2n) is 20.9. The minimum atomic E-state index is -0.371. The quantitative estimate of drug-likeness (QED) is 0.151. The van der Waals surface area contributed by atoms with Gasteiger partial charge in [0.15, 0.2) is 0 Å². The van der Waals surface area contributed by atoms with Crippen molar-refractivity contribution in [1.82, 2.24) is 0 Å². The van der Waals surface area contributed by atoms with E-state index in [1.165, 1.54) is 111 Å². The van der Waals surface area contributed by atoms with E-state index < -0.39 is 0 Å². The Kier molecular flexibility index (Phi) is 14.2. The number of aryl methyl sites for hydroxylation is 2. The fourth-order valence-corrected chi connectivity index (χ4v) is 12.9. The molecule has 0 fully saturated rings. The molecule has 0 spiro atoms. The molecule has 0 aromatic heterocycles. The highest BCUT2D eigenvalue weighted by atomic mass is 79.9. The van der Waals surface area contributed by atoms with Gasteiger partial charge in [-0.05, 0) is 162 Å². The minimum Gasteiger partial charge on any atom is -0.399 e. The Morgan fingerprint density at radius 2 is 0.633 bits per heavy atom. The van der Waals surface area contributed by atoms with E-state index in [0.717, 1.165) is 16.6 Å². The fourth-order valence-electron chi connectivity index (χ4n) is 12.5. The van der Waals surface area contributed by atoms with Gasteiger partial charge in [0.05, 0.1) is 10.8 Å². The number of hydrogen-bond donors (Lipinski definition) is 1. The van der Waals surface area contributed by atoms with E-state index in [0.29, 0.717) is 0 Å². The second-order valence-corrected chi connectivity index (χ2v) is 21.8. The van der Waals surface area contributed by atoms with Gasteiger partial charge in [0, 0.05) is 10.2 Å². The van der Waals surface area contributed by atoms with Gasteiger partial charge in [-0.25, -0.2) is 0 Å². The standard InChI is InChI=1S/C39H30.C31H21Br.C7H9N/c1-28-12-9-13-29(24-28)25-30-14-10-15-31(26-30)32-16-11-19-34(27-32)39(33-17-3-2-4-18-33)37-22-7-5-20-35(37)36-21-6-8-23-38(36)39;32-26-15-9-11-23(21-26)22-10-8-14-25(20-22)31(24-12-2-1-3-13-24)29-18-6-4-16-27(29)28-17-5-7-19-30(28)31;1-6-3-2-4-7(8)5-6/h2-24,26-27H,25H2,1H3;1-21H;2-5H,8H2,1H3. The summed E-state index contributed by atoms with van der Waals surface area (Å²) in [5, 5.41) is 0. The van der Waals surface area contributed by atoms with E-state index in [9.17, 15) is 0 Å². The zero-order chi connectivity index (χ0) is 53.8. The lowest BCUT2D eigenvalue weighted by atomic mass is 9.67. The van der Waals surface area contributed by atoms with Crippen LogP contribution in [0.1, 0.15) is 66.8 Å². The van der Waals surface area contributed by atoms with Crippen LogP contribution >= 0.6 is 15.9 Å². The zero-order valence-corrected chi connectivity index (χ0v) is 46.1. The molecule has 14 rings (SSSR count). The normalized spacial score (nSPS) is 12.8. The first-order valence-electron chi connectivity index (χ1n) is 27.2. The predicted molar refractivity (Wildman–Crippen MR) is 336 cm³/mol. The molecule has 0 bridgehead atoms. The third-order valence-electron chi connectivity index (χ3n) is 15.9. The van der Waals surface area contributed by atoms with E-state index in [1.807, 2.05) is 31.2 Å². The summed E-state index contributed by atoms with van der Waals surface area (Å²) in [6, 6.07) is 110. The molecule has 79 heavy (non-hydrogen) atoms. The molecule has 0 heterocycles. The molecule has 2 heteroatoms. The molecular weight excluding hydrogens is 1020 g/mol. The number of nitrogen functional groups attached to an aromatic ring is 1. The lowest BCUT2D eigenvalue weighted by Gasteiger charge is -2.34. The first kappa shape index (κ1) is 50.7. The van der Waals surface area contributed by atoms with E-state index in [1.54, 1.807) is 0 Å². The summed E-state index contributed by atoms with van der Waals surface area (Å²) in [5.41, 5.74) is 31.6. The molecule has 12 aromatic carbocycles. The van der Waals surface area contributed by atoms with Gasteiger partial charge in [0.25, 0.3) is 0 Å². The van der Waals surface area contributed by atoms with Crippen LogP contribution in [0, 0.1) is 13.8 Å². The van der Waals surface area contributed by atoms with Crippen LogP contribution in [0.5, 0.6) is 0 Å². The number of anilines is 1. The monoisotopic (exact) mass is 1080 g/mol. The summed E-state index contributed by atoms with van der Waals surface area (Å²) in [7, 11) is 0. The van der Waals surface area contributed by atoms with Crippen molar-refractivity contribution in [2.24, 2.45) is 0 Å². The lowest BCUT2D eigenvalue weighted by Crippen LogP contribution is -2.28.